The number of benzene rings is 1. The van der Waals surface area contributed by atoms with Gasteiger partial charge in [-0.15, -0.1) is 0 Å². The summed E-state index contributed by atoms with van der Waals surface area (Å²) in [5.41, 5.74) is 3.76. The molecule has 0 aliphatic carbocycles. The molecule has 0 heteroatoms. The zero-order valence-electron chi connectivity index (χ0n) is 8.22. The molecule has 0 nitrogen and oxygen atoms in total. The van der Waals surface area contributed by atoms with Crippen LogP contribution in [0.4, 0.5) is 0 Å². The zero-order chi connectivity index (χ0) is 9.68. The molecule has 0 radical (unpaired) electrons. The predicted octanol–water partition coefficient (Wildman–Crippen LogP) is 3.53. The van der Waals surface area contributed by atoms with E-state index < -0.39 is 0 Å². The summed E-state index contributed by atoms with van der Waals surface area (Å²) in [6.45, 7) is 9.75. The monoisotopic (exact) mass is 172 g/mol. The van der Waals surface area contributed by atoms with Gasteiger partial charge in [0.1, 0.15) is 0 Å². The lowest BCUT2D eigenvalue weighted by molar-refractivity contribution is 1.12. The molecule has 0 unspecified atom stereocenters. The van der Waals surface area contributed by atoms with Gasteiger partial charge < -0.3 is 0 Å². The van der Waals surface area contributed by atoms with Gasteiger partial charge in [0.25, 0.3) is 0 Å². The minimum atomic E-state index is 0.910. The molecule has 1 aromatic rings. The van der Waals surface area contributed by atoms with E-state index in [4.69, 9.17) is 0 Å². The molecular weight excluding hydrogens is 156 g/mol. The van der Waals surface area contributed by atoms with Crippen molar-refractivity contribution in [2.75, 3.05) is 0 Å². The molecule has 1 rings (SSSR count). The third-order valence-electron chi connectivity index (χ3n) is 2.15. The first-order valence-electron chi connectivity index (χ1n) is 4.64. The molecule has 0 atom stereocenters. The summed E-state index contributed by atoms with van der Waals surface area (Å²) >= 11 is 0. The molecule has 0 amide bonds. The standard InChI is InChI=1S/C13H16/c1-4-11(3)10-13-8-6-12(5-2)7-9-13/h4,6-9H,1,3,5,10H2,2H3. The molecule has 0 fully saturated rings. The van der Waals surface area contributed by atoms with Crippen molar-refractivity contribution < 1.29 is 0 Å². The highest BCUT2D eigenvalue weighted by Crippen LogP contribution is 2.09. The summed E-state index contributed by atoms with van der Waals surface area (Å²) in [5, 5.41) is 0. The van der Waals surface area contributed by atoms with Crippen LogP contribution in [0.15, 0.2) is 49.1 Å². The first-order chi connectivity index (χ1) is 6.26. The van der Waals surface area contributed by atoms with Gasteiger partial charge in [-0.3, -0.25) is 0 Å². The second kappa shape index (κ2) is 4.66. The van der Waals surface area contributed by atoms with E-state index in [1.807, 2.05) is 6.08 Å². The number of rotatable bonds is 4. The first-order valence-corrected chi connectivity index (χ1v) is 4.64. The van der Waals surface area contributed by atoms with Gasteiger partial charge in [0.2, 0.25) is 0 Å². The summed E-state index contributed by atoms with van der Waals surface area (Å²) in [6, 6.07) is 8.67. The van der Waals surface area contributed by atoms with Crippen LogP contribution in [0.2, 0.25) is 0 Å². The van der Waals surface area contributed by atoms with E-state index in [0.29, 0.717) is 0 Å². The van der Waals surface area contributed by atoms with E-state index in [1.165, 1.54) is 11.1 Å². The maximum atomic E-state index is 3.89. The van der Waals surface area contributed by atoms with Gasteiger partial charge in [-0.05, 0) is 24.0 Å². The summed E-state index contributed by atoms with van der Waals surface area (Å²) in [6.07, 6.45) is 3.82. The van der Waals surface area contributed by atoms with Crippen LogP contribution in [0.25, 0.3) is 0 Å². The fourth-order valence-corrected chi connectivity index (χ4v) is 1.23. The van der Waals surface area contributed by atoms with E-state index >= 15 is 0 Å². The molecule has 0 bridgehead atoms. The van der Waals surface area contributed by atoms with Gasteiger partial charge in [0.05, 0.1) is 0 Å². The van der Waals surface area contributed by atoms with Crippen LogP contribution in [0, 0.1) is 0 Å². The van der Waals surface area contributed by atoms with Crippen LogP contribution in [-0.4, -0.2) is 0 Å². The third-order valence-corrected chi connectivity index (χ3v) is 2.15. The van der Waals surface area contributed by atoms with E-state index in [1.54, 1.807) is 0 Å². The van der Waals surface area contributed by atoms with Crippen LogP contribution in [-0.2, 0) is 12.8 Å². The van der Waals surface area contributed by atoms with Crippen LogP contribution < -0.4 is 0 Å². The summed E-state index contributed by atoms with van der Waals surface area (Å²) in [7, 11) is 0. The number of aryl methyl sites for hydroxylation is 1. The van der Waals surface area contributed by atoms with Crippen molar-refractivity contribution in [3.63, 3.8) is 0 Å². The Kier molecular flexibility index (Phi) is 3.51. The highest BCUT2D eigenvalue weighted by Gasteiger charge is 1.94. The molecule has 0 aliphatic heterocycles. The van der Waals surface area contributed by atoms with Crippen LogP contribution in [0.3, 0.4) is 0 Å². The van der Waals surface area contributed by atoms with Gasteiger partial charge in [-0.1, -0.05) is 56.0 Å². The normalized spacial score (nSPS) is 9.62. The van der Waals surface area contributed by atoms with Crippen molar-refractivity contribution in [1.82, 2.24) is 0 Å². The SMILES string of the molecule is C=CC(=C)Cc1ccc(CC)cc1. The summed E-state index contributed by atoms with van der Waals surface area (Å²) in [4.78, 5) is 0. The van der Waals surface area contributed by atoms with Crippen molar-refractivity contribution in [3.8, 4) is 0 Å². The van der Waals surface area contributed by atoms with Gasteiger partial charge >= 0.3 is 0 Å². The number of hydrogen-bond donors (Lipinski definition) is 0. The Labute approximate surface area is 80.6 Å². The van der Waals surface area contributed by atoms with E-state index in [9.17, 15) is 0 Å². The Hall–Kier alpha value is -1.30. The topological polar surface area (TPSA) is 0 Å². The van der Waals surface area contributed by atoms with Gasteiger partial charge in [0, 0.05) is 0 Å². The molecule has 0 aliphatic rings. The highest BCUT2D eigenvalue weighted by atomic mass is 14.0. The van der Waals surface area contributed by atoms with Crippen molar-refractivity contribution in [2.45, 2.75) is 19.8 Å². The van der Waals surface area contributed by atoms with Gasteiger partial charge in [-0.2, -0.15) is 0 Å². The zero-order valence-corrected chi connectivity index (χ0v) is 8.22. The lowest BCUT2D eigenvalue weighted by Crippen LogP contribution is -1.87. The first kappa shape index (κ1) is 9.79. The van der Waals surface area contributed by atoms with Gasteiger partial charge in [0.15, 0.2) is 0 Å². The van der Waals surface area contributed by atoms with Crippen LogP contribution >= 0.6 is 0 Å². The van der Waals surface area contributed by atoms with Crippen molar-refractivity contribution in [3.05, 3.63) is 60.2 Å². The molecule has 0 heterocycles. The second-order valence-electron chi connectivity index (χ2n) is 3.21. The van der Waals surface area contributed by atoms with E-state index in [-0.39, 0.29) is 0 Å². The van der Waals surface area contributed by atoms with Crippen LogP contribution in [0.1, 0.15) is 18.1 Å². The molecule has 0 aromatic heterocycles. The largest absolute Gasteiger partial charge is 0.0988 e. The maximum absolute atomic E-state index is 3.89. The lowest BCUT2D eigenvalue weighted by atomic mass is 10.0. The van der Waals surface area contributed by atoms with Crippen molar-refractivity contribution in [2.24, 2.45) is 0 Å². The number of allylic oxidation sites excluding steroid dienone is 2. The third kappa shape index (κ3) is 2.90. The fraction of sp³-hybridized carbons (Fsp3) is 0.231. The Morgan fingerprint density at radius 3 is 2.23 bits per heavy atom. The number of hydrogen-bond acceptors (Lipinski definition) is 0. The van der Waals surface area contributed by atoms with Crippen molar-refractivity contribution in [1.29, 1.82) is 0 Å². The quantitative estimate of drug-likeness (QED) is 0.609. The molecule has 0 saturated heterocycles. The molecule has 0 spiro atoms. The average Bonchev–Trinajstić information content (AvgIpc) is 2.19. The molecule has 0 saturated carbocycles. The molecule has 68 valence electrons. The lowest BCUT2D eigenvalue weighted by Gasteiger charge is -2.02. The van der Waals surface area contributed by atoms with E-state index in [2.05, 4.69) is 44.3 Å². The Morgan fingerprint density at radius 1 is 1.23 bits per heavy atom. The minimum Gasteiger partial charge on any atom is -0.0988 e. The molecule has 1 aromatic carbocycles. The Morgan fingerprint density at radius 2 is 1.77 bits per heavy atom. The molecule has 13 heavy (non-hydrogen) atoms. The minimum absolute atomic E-state index is 0.910. The summed E-state index contributed by atoms with van der Waals surface area (Å²) < 4.78 is 0. The summed E-state index contributed by atoms with van der Waals surface area (Å²) in [5.74, 6) is 0. The Balaban J connectivity index is 2.69. The molecular formula is C13H16. The van der Waals surface area contributed by atoms with Crippen LogP contribution in [0.5, 0.6) is 0 Å². The Bertz CT molecular complexity index is 290. The predicted molar refractivity (Wildman–Crippen MR) is 58.9 cm³/mol. The average molecular weight is 172 g/mol. The molecule has 0 N–H and O–H groups in total. The van der Waals surface area contributed by atoms with E-state index in [0.717, 1.165) is 18.4 Å². The smallest absolute Gasteiger partial charge is 0.00319 e. The maximum Gasteiger partial charge on any atom is -0.00319 e. The second-order valence-corrected chi connectivity index (χ2v) is 3.21. The van der Waals surface area contributed by atoms with Crippen molar-refractivity contribution >= 4 is 0 Å². The fourth-order valence-electron chi connectivity index (χ4n) is 1.23. The highest BCUT2D eigenvalue weighted by molar-refractivity contribution is 5.28. The van der Waals surface area contributed by atoms with Gasteiger partial charge in [-0.25, -0.2) is 0 Å².